The Labute approximate surface area is 221 Å². The minimum absolute atomic E-state index is 0.138. The first kappa shape index (κ1) is 25.9. The summed E-state index contributed by atoms with van der Waals surface area (Å²) < 4.78 is 12.2. The van der Waals surface area contributed by atoms with Crippen LogP contribution < -0.4 is 4.90 Å². The number of carbonyl (C=O) groups is 3. The summed E-state index contributed by atoms with van der Waals surface area (Å²) in [7, 11) is 0. The second kappa shape index (κ2) is 10.2. The van der Waals surface area contributed by atoms with Crippen molar-refractivity contribution in [1.29, 1.82) is 0 Å². The van der Waals surface area contributed by atoms with Crippen molar-refractivity contribution in [2.45, 2.75) is 56.9 Å². The van der Waals surface area contributed by atoms with Crippen LogP contribution in [0, 0.1) is 17.8 Å². The molecule has 198 valence electrons. The van der Waals surface area contributed by atoms with E-state index in [0.29, 0.717) is 10.7 Å². The van der Waals surface area contributed by atoms with Crippen LogP contribution in [0.25, 0.3) is 0 Å². The summed E-state index contributed by atoms with van der Waals surface area (Å²) in [5, 5.41) is 10.9. The second-order valence-electron chi connectivity index (χ2n) is 10.5. The second-order valence-corrected chi connectivity index (χ2v) is 10.9. The van der Waals surface area contributed by atoms with Gasteiger partial charge >= 0.3 is 5.97 Å². The highest BCUT2D eigenvalue weighted by atomic mass is 35.5. The number of hydrogen-bond donors (Lipinski definition) is 1. The number of nitrogens with zero attached hydrogens (tertiary/aromatic N) is 2. The topological polar surface area (TPSA) is 96.4 Å². The molecule has 1 N–H and O–H groups in total. The Morgan fingerprint density at radius 1 is 1.11 bits per heavy atom. The Morgan fingerprint density at radius 3 is 2.57 bits per heavy atom. The lowest BCUT2D eigenvalue weighted by molar-refractivity contribution is -0.155. The Hall–Kier alpha value is -2.68. The van der Waals surface area contributed by atoms with Gasteiger partial charge in [0.2, 0.25) is 5.91 Å². The van der Waals surface area contributed by atoms with E-state index in [0.717, 1.165) is 19.3 Å². The summed E-state index contributed by atoms with van der Waals surface area (Å²) in [5.74, 6) is -3.16. The first-order chi connectivity index (χ1) is 17.8. The number of aliphatic hydroxyl groups excluding tert-OH is 1. The zero-order valence-corrected chi connectivity index (χ0v) is 21.8. The van der Waals surface area contributed by atoms with Gasteiger partial charge in [0, 0.05) is 17.3 Å². The number of ether oxygens (including phenoxy) is 2. The van der Waals surface area contributed by atoms with Gasteiger partial charge in [-0.2, -0.15) is 0 Å². The Kier molecular flexibility index (Phi) is 7.18. The molecule has 5 rings (SSSR count). The minimum atomic E-state index is -1.37. The zero-order chi connectivity index (χ0) is 26.3. The Balaban J connectivity index is 1.64. The molecule has 2 saturated heterocycles. The first-order valence-corrected chi connectivity index (χ1v) is 13.4. The van der Waals surface area contributed by atoms with E-state index in [2.05, 4.69) is 0 Å². The number of esters is 1. The van der Waals surface area contributed by atoms with Crippen molar-refractivity contribution in [3.8, 4) is 0 Å². The van der Waals surface area contributed by atoms with Crippen LogP contribution in [-0.2, 0) is 23.9 Å². The number of fused-ring (bicyclic) bond motifs is 2. The van der Waals surface area contributed by atoms with Crippen LogP contribution in [0.4, 0.5) is 5.69 Å². The highest BCUT2D eigenvalue weighted by molar-refractivity contribution is 6.30. The number of allylic oxidation sites excluding steroid dienone is 1. The maximum atomic E-state index is 14.3. The minimum Gasteiger partial charge on any atom is -0.465 e. The van der Waals surface area contributed by atoms with Gasteiger partial charge in [0.15, 0.2) is 0 Å². The molecule has 0 aromatic heterocycles. The fraction of sp³-hybridized carbons (Fsp3) is 0.536. The largest absolute Gasteiger partial charge is 0.465 e. The van der Waals surface area contributed by atoms with Gasteiger partial charge in [-0.15, -0.1) is 0 Å². The van der Waals surface area contributed by atoms with Crippen molar-refractivity contribution >= 4 is 35.1 Å². The van der Waals surface area contributed by atoms with Crippen LogP contribution >= 0.6 is 11.6 Å². The van der Waals surface area contributed by atoms with E-state index >= 15 is 0 Å². The van der Waals surface area contributed by atoms with Gasteiger partial charge in [-0.1, -0.05) is 49.8 Å². The number of amides is 2. The summed E-state index contributed by atoms with van der Waals surface area (Å²) in [6.45, 7) is 4.01. The molecular weight excluding hydrogens is 496 g/mol. The predicted molar refractivity (Wildman–Crippen MR) is 138 cm³/mol. The fourth-order valence-corrected chi connectivity index (χ4v) is 6.31. The summed E-state index contributed by atoms with van der Waals surface area (Å²) >= 11 is 6.08. The molecule has 4 heterocycles. The lowest BCUT2D eigenvalue weighted by atomic mass is 9.78. The Bertz CT molecular complexity index is 1120. The van der Waals surface area contributed by atoms with Gasteiger partial charge in [0.25, 0.3) is 5.91 Å². The average Bonchev–Trinajstić information content (AvgIpc) is 3.25. The standard InChI is InChI=1S/C28H33ClN2O6/c1-17(2)20(16-32)31-24-26(34)30(19-11-9-18(29)10-12-19)14-7-13-28(24)23(25(31)33)22-21(37-28)8-5-3-4-6-15-36-27(22)35/h5,7-13,17,20-24,32H,3-4,6,14-16H2,1-2H3/b8-5-/t20-,21+,22-,23-,24?,28-/m0/s1. The molecule has 2 fully saturated rings. The number of likely N-dealkylation sites (tertiary alicyclic amines) is 1. The molecule has 1 spiro atoms. The molecule has 37 heavy (non-hydrogen) atoms. The number of carbonyl (C=O) groups excluding carboxylic acids is 3. The van der Waals surface area contributed by atoms with Gasteiger partial charge in [-0.25, -0.2) is 0 Å². The zero-order valence-electron chi connectivity index (χ0n) is 21.1. The lowest BCUT2D eigenvalue weighted by Crippen LogP contribution is -2.59. The molecule has 0 aliphatic carbocycles. The van der Waals surface area contributed by atoms with Crippen LogP contribution in [0.5, 0.6) is 0 Å². The monoisotopic (exact) mass is 528 g/mol. The molecule has 9 heteroatoms. The molecule has 6 atom stereocenters. The Morgan fingerprint density at radius 2 is 1.86 bits per heavy atom. The van der Waals surface area contributed by atoms with Crippen LogP contribution in [-0.4, -0.2) is 71.3 Å². The number of anilines is 1. The summed E-state index contributed by atoms with van der Waals surface area (Å²) in [4.78, 5) is 45.0. The number of hydrogen-bond acceptors (Lipinski definition) is 6. The van der Waals surface area contributed by atoms with E-state index < -0.39 is 41.6 Å². The van der Waals surface area contributed by atoms with Crippen molar-refractivity contribution in [2.24, 2.45) is 17.8 Å². The number of benzene rings is 1. The third-order valence-electron chi connectivity index (χ3n) is 7.99. The SMILES string of the molecule is CC(C)[C@H](CO)N1C(=O)[C@@H]2[C@H]3C(=O)OCCCC/C=C\[C@H]3O[C@@]23C=CCN(c2ccc(Cl)cc2)C(=O)C13. The van der Waals surface area contributed by atoms with Crippen LogP contribution in [0.15, 0.2) is 48.6 Å². The lowest BCUT2D eigenvalue weighted by Gasteiger charge is -2.39. The fourth-order valence-electron chi connectivity index (χ4n) is 6.19. The molecule has 1 unspecified atom stereocenters. The summed E-state index contributed by atoms with van der Waals surface area (Å²) in [5.41, 5.74) is -0.738. The number of rotatable bonds is 4. The molecule has 4 aliphatic rings. The maximum Gasteiger partial charge on any atom is 0.312 e. The average molecular weight is 529 g/mol. The third-order valence-corrected chi connectivity index (χ3v) is 8.24. The van der Waals surface area contributed by atoms with E-state index in [1.165, 1.54) is 4.90 Å². The molecular formula is C28H33ClN2O6. The van der Waals surface area contributed by atoms with Crippen molar-refractivity contribution in [2.75, 3.05) is 24.7 Å². The normalized spacial score (nSPS) is 33.5. The molecule has 2 amide bonds. The van der Waals surface area contributed by atoms with E-state index in [1.807, 2.05) is 32.1 Å². The van der Waals surface area contributed by atoms with Gasteiger partial charge < -0.3 is 24.4 Å². The highest BCUT2D eigenvalue weighted by Gasteiger charge is 2.72. The summed E-state index contributed by atoms with van der Waals surface area (Å²) in [6.07, 6.45) is 9.17. The quantitative estimate of drug-likeness (QED) is 0.476. The molecule has 0 radical (unpaired) electrons. The van der Waals surface area contributed by atoms with Crippen molar-refractivity contribution in [1.82, 2.24) is 4.90 Å². The highest BCUT2D eigenvalue weighted by Crippen LogP contribution is 2.54. The van der Waals surface area contributed by atoms with Crippen molar-refractivity contribution in [3.05, 3.63) is 53.6 Å². The van der Waals surface area contributed by atoms with E-state index in [9.17, 15) is 19.5 Å². The van der Waals surface area contributed by atoms with Crippen LogP contribution in [0.1, 0.15) is 33.1 Å². The van der Waals surface area contributed by atoms with Crippen molar-refractivity contribution < 1.29 is 29.0 Å². The molecule has 8 nitrogen and oxygen atoms in total. The summed E-state index contributed by atoms with van der Waals surface area (Å²) in [6, 6.07) is 5.24. The van der Waals surface area contributed by atoms with E-state index in [4.69, 9.17) is 21.1 Å². The molecule has 0 saturated carbocycles. The van der Waals surface area contributed by atoms with E-state index in [1.54, 1.807) is 35.2 Å². The smallest absolute Gasteiger partial charge is 0.312 e. The van der Waals surface area contributed by atoms with Crippen molar-refractivity contribution in [3.63, 3.8) is 0 Å². The number of cyclic esters (lactones) is 1. The van der Waals surface area contributed by atoms with Gasteiger partial charge in [0.1, 0.15) is 17.6 Å². The number of aliphatic hydroxyl groups is 1. The van der Waals surface area contributed by atoms with Gasteiger partial charge in [-0.3, -0.25) is 14.4 Å². The molecule has 1 aromatic carbocycles. The maximum absolute atomic E-state index is 14.3. The van der Waals surface area contributed by atoms with E-state index in [-0.39, 0.29) is 37.5 Å². The molecule has 1 aromatic rings. The third kappa shape index (κ3) is 4.29. The van der Waals surface area contributed by atoms with Crippen LogP contribution in [0.2, 0.25) is 5.02 Å². The first-order valence-electron chi connectivity index (χ1n) is 13.0. The predicted octanol–water partition coefficient (Wildman–Crippen LogP) is 3.12. The molecule has 4 aliphatic heterocycles. The van der Waals surface area contributed by atoms with Crippen LogP contribution in [0.3, 0.4) is 0 Å². The van der Waals surface area contributed by atoms with Gasteiger partial charge in [-0.05, 0) is 49.4 Å². The van der Waals surface area contributed by atoms with Gasteiger partial charge in [0.05, 0.1) is 31.3 Å². The number of halogens is 1. The molecule has 0 bridgehead atoms.